The van der Waals surface area contributed by atoms with Crippen LogP contribution in [-0.4, -0.2) is 86.9 Å². The molecule has 0 radical (unpaired) electrons. The second-order valence-corrected chi connectivity index (χ2v) is 14.6. The molecule has 0 fully saturated rings. The van der Waals surface area contributed by atoms with E-state index in [0.717, 1.165) is 48.5 Å². The number of hydrogen-bond donors (Lipinski definition) is 3. The molecule has 1 aliphatic rings. The zero-order chi connectivity index (χ0) is 38.2. The van der Waals surface area contributed by atoms with Gasteiger partial charge in [-0.25, -0.2) is 17.6 Å². The van der Waals surface area contributed by atoms with E-state index < -0.39 is 64.2 Å². The summed E-state index contributed by atoms with van der Waals surface area (Å²) in [6.07, 6.45) is -3.49. The third kappa shape index (κ3) is 10.8. The first kappa shape index (κ1) is 40.4. The van der Waals surface area contributed by atoms with Gasteiger partial charge in [-0.15, -0.1) is 0 Å². The zero-order valence-corrected chi connectivity index (χ0v) is 30.1. The van der Waals surface area contributed by atoms with Gasteiger partial charge in [0.15, 0.2) is 0 Å². The van der Waals surface area contributed by atoms with Gasteiger partial charge in [0, 0.05) is 44.0 Å². The van der Waals surface area contributed by atoms with Gasteiger partial charge in [0.2, 0.25) is 0 Å². The molecule has 16 heteroatoms. The van der Waals surface area contributed by atoms with Crippen LogP contribution in [0.5, 0.6) is 5.75 Å². The first-order valence-corrected chi connectivity index (χ1v) is 18.3. The molecule has 0 saturated carbocycles. The van der Waals surface area contributed by atoms with E-state index in [2.05, 4.69) is 10.0 Å². The van der Waals surface area contributed by atoms with Gasteiger partial charge in [0.25, 0.3) is 15.9 Å². The maximum atomic E-state index is 14.3. The van der Waals surface area contributed by atoms with Crippen molar-refractivity contribution in [1.29, 1.82) is 0 Å². The quantitative estimate of drug-likeness (QED) is 0.221. The van der Waals surface area contributed by atoms with Gasteiger partial charge in [-0.05, 0) is 99.8 Å². The summed E-state index contributed by atoms with van der Waals surface area (Å²) in [5, 5.41) is 12.8. The molecule has 284 valence electrons. The number of sulfonamides is 1. The Balaban J connectivity index is 1.59. The summed E-state index contributed by atoms with van der Waals surface area (Å²) in [7, 11) is -2.63. The molecule has 11 nitrogen and oxygen atoms in total. The van der Waals surface area contributed by atoms with Crippen LogP contribution in [0, 0.1) is 11.7 Å². The summed E-state index contributed by atoms with van der Waals surface area (Å²) < 4.78 is 93.5. The molecule has 4 atom stereocenters. The lowest BCUT2D eigenvalue weighted by Crippen LogP contribution is -2.48. The van der Waals surface area contributed by atoms with Crippen LogP contribution in [0.25, 0.3) is 0 Å². The summed E-state index contributed by atoms with van der Waals surface area (Å²) in [6, 6.07) is 11.4. The molecule has 3 amide bonds. The smallest absolute Gasteiger partial charge is 0.416 e. The topological polar surface area (TPSA) is 138 Å². The number of amides is 3. The largest absolute Gasteiger partial charge is 0.490 e. The Bertz CT molecular complexity index is 1780. The number of rotatable bonds is 8. The molecular formula is C36H44F4N4O7S. The van der Waals surface area contributed by atoms with Gasteiger partial charge >= 0.3 is 12.2 Å². The van der Waals surface area contributed by atoms with Gasteiger partial charge in [-0.3, -0.25) is 9.52 Å². The summed E-state index contributed by atoms with van der Waals surface area (Å²) in [6.45, 7) is 5.38. The third-order valence-electron chi connectivity index (χ3n) is 8.69. The SMILES string of the molecule is C[C@@H]1CCCCO[C@H](CN(C)C(=O)Nc2ccc(C(F)(F)F)cc2)[C@H](C)CN([C@H](C)CO)C(=O)c2cc(NS(=O)(=O)c3ccc(F)cc3)ccc2O1. The summed E-state index contributed by atoms with van der Waals surface area (Å²) in [5.74, 6) is -1.35. The Kier molecular flexibility index (Phi) is 13.5. The van der Waals surface area contributed by atoms with Gasteiger partial charge < -0.3 is 29.7 Å². The molecule has 0 unspecified atom stereocenters. The maximum Gasteiger partial charge on any atom is 0.416 e. The number of alkyl halides is 3. The van der Waals surface area contributed by atoms with E-state index in [4.69, 9.17) is 9.47 Å². The average Bonchev–Trinajstić information content (AvgIpc) is 3.09. The highest BCUT2D eigenvalue weighted by Gasteiger charge is 2.32. The number of nitrogens with zero attached hydrogens (tertiary/aromatic N) is 2. The fraction of sp³-hybridized carbons (Fsp3) is 0.444. The molecular weight excluding hydrogens is 708 g/mol. The number of nitrogens with one attached hydrogen (secondary N) is 2. The van der Waals surface area contributed by atoms with Crippen LogP contribution in [0.3, 0.4) is 0 Å². The molecule has 0 saturated heterocycles. The van der Waals surface area contributed by atoms with E-state index >= 15 is 0 Å². The van der Waals surface area contributed by atoms with Crippen molar-refractivity contribution in [2.24, 2.45) is 5.92 Å². The first-order chi connectivity index (χ1) is 24.5. The first-order valence-electron chi connectivity index (χ1n) is 16.8. The van der Waals surface area contributed by atoms with Crippen LogP contribution in [-0.2, 0) is 20.9 Å². The number of carbonyl (C=O) groups is 2. The van der Waals surface area contributed by atoms with Crippen molar-refractivity contribution in [2.75, 3.05) is 43.4 Å². The predicted octanol–water partition coefficient (Wildman–Crippen LogP) is 6.60. The van der Waals surface area contributed by atoms with Crippen molar-refractivity contribution in [3.63, 3.8) is 0 Å². The van der Waals surface area contributed by atoms with E-state index in [9.17, 15) is 40.7 Å². The average molecular weight is 753 g/mol. The fourth-order valence-corrected chi connectivity index (χ4v) is 6.64. The van der Waals surface area contributed by atoms with Crippen LogP contribution >= 0.6 is 0 Å². The van der Waals surface area contributed by atoms with Crippen LogP contribution in [0.4, 0.5) is 33.7 Å². The summed E-state index contributed by atoms with van der Waals surface area (Å²) in [5.41, 5.74) is -0.572. The van der Waals surface area contributed by atoms with E-state index in [0.29, 0.717) is 25.9 Å². The molecule has 0 aromatic heterocycles. The number of ether oxygens (including phenoxy) is 2. The Morgan fingerprint density at radius 2 is 1.69 bits per heavy atom. The number of hydrogen-bond acceptors (Lipinski definition) is 7. The highest BCUT2D eigenvalue weighted by Crippen LogP contribution is 2.31. The van der Waals surface area contributed by atoms with Crippen molar-refractivity contribution in [2.45, 2.75) is 69.4 Å². The Labute approximate surface area is 300 Å². The lowest BCUT2D eigenvalue weighted by molar-refractivity contribution is -0.137. The Morgan fingerprint density at radius 1 is 1.04 bits per heavy atom. The molecule has 0 aliphatic carbocycles. The lowest BCUT2D eigenvalue weighted by atomic mass is 10.0. The minimum atomic E-state index is -4.51. The second-order valence-electron chi connectivity index (χ2n) is 13.0. The van der Waals surface area contributed by atoms with Crippen molar-refractivity contribution in [3.8, 4) is 5.75 Å². The normalized spacial score (nSPS) is 19.8. The number of benzene rings is 3. The zero-order valence-electron chi connectivity index (χ0n) is 29.3. The number of carbonyl (C=O) groups excluding carboxylic acids is 2. The molecule has 3 aromatic carbocycles. The van der Waals surface area contributed by atoms with E-state index in [-0.39, 0.29) is 46.8 Å². The molecule has 4 rings (SSSR count). The number of halogens is 4. The van der Waals surface area contributed by atoms with Crippen LogP contribution < -0.4 is 14.8 Å². The van der Waals surface area contributed by atoms with Crippen molar-refractivity contribution >= 4 is 33.3 Å². The highest BCUT2D eigenvalue weighted by atomic mass is 32.2. The van der Waals surface area contributed by atoms with Gasteiger partial charge in [0.1, 0.15) is 11.6 Å². The number of urea groups is 1. The summed E-state index contributed by atoms with van der Waals surface area (Å²) in [4.78, 5) is 30.0. The van der Waals surface area contributed by atoms with Crippen LogP contribution in [0.2, 0.25) is 0 Å². The Hall–Kier alpha value is -4.41. The van der Waals surface area contributed by atoms with Crippen molar-refractivity contribution < 1.29 is 50.1 Å². The number of aliphatic hydroxyl groups is 1. The molecule has 1 heterocycles. The molecule has 1 aliphatic heterocycles. The van der Waals surface area contributed by atoms with E-state index in [1.54, 1.807) is 6.92 Å². The minimum Gasteiger partial charge on any atom is -0.490 e. The number of likely N-dealkylation sites (N-methyl/N-ethyl adjacent to an activating group) is 1. The Morgan fingerprint density at radius 3 is 2.33 bits per heavy atom. The molecule has 3 aromatic rings. The minimum absolute atomic E-state index is 0.0428. The van der Waals surface area contributed by atoms with Gasteiger partial charge in [0.05, 0.1) is 40.9 Å². The van der Waals surface area contributed by atoms with Crippen LogP contribution in [0.15, 0.2) is 71.6 Å². The molecule has 52 heavy (non-hydrogen) atoms. The molecule has 3 N–H and O–H groups in total. The van der Waals surface area contributed by atoms with Crippen molar-refractivity contribution in [1.82, 2.24) is 9.80 Å². The van der Waals surface area contributed by atoms with Gasteiger partial charge in [-0.2, -0.15) is 13.2 Å². The fourth-order valence-electron chi connectivity index (χ4n) is 5.59. The van der Waals surface area contributed by atoms with Crippen LogP contribution in [0.1, 0.15) is 56.0 Å². The van der Waals surface area contributed by atoms with Crippen molar-refractivity contribution in [3.05, 3.63) is 83.7 Å². The molecule has 0 bridgehead atoms. The third-order valence-corrected chi connectivity index (χ3v) is 10.1. The molecule has 0 spiro atoms. The van der Waals surface area contributed by atoms with Gasteiger partial charge in [-0.1, -0.05) is 6.92 Å². The number of fused-ring (bicyclic) bond motifs is 1. The monoisotopic (exact) mass is 752 g/mol. The number of aliphatic hydroxyl groups excluding tert-OH is 1. The number of anilines is 2. The summed E-state index contributed by atoms with van der Waals surface area (Å²) >= 11 is 0. The van der Waals surface area contributed by atoms with E-state index in [1.807, 2.05) is 13.8 Å². The predicted molar refractivity (Wildman–Crippen MR) is 187 cm³/mol. The van der Waals surface area contributed by atoms with E-state index in [1.165, 1.54) is 35.0 Å². The highest BCUT2D eigenvalue weighted by molar-refractivity contribution is 7.92. The lowest BCUT2D eigenvalue weighted by Gasteiger charge is -2.35. The second kappa shape index (κ2) is 17.4. The standard InChI is InChI=1S/C36H44F4N4O7S/c1-23-20-44(24(2)22-45)34(46)31-19-29(42-52(48,49)30-15-10-27(37)11-16-30)14-17-32(31)51-25(3)7-5-6-18-50-33(23)21-43(4)35(47)41-28-12-8-26(9-13-28)36(38,39)40/h8-17,19,23-25,33,42,45H,5-7,18,20-22H2,1-4H3,(H,41,47)/t23-,24-,25-,33-/m1/s1. The maximum absolute atomic E-state index is 14.3.